The van der Waals surface area contributed by atoms with Gasteiger partial charge >= 0.3 is 5.97 Å². The average Bonchev–Trinajstić information content (AvgIpc) is 2.84. The van der Waals surface area contributed by atoms with Crippen molar-refractivity contribution in [1.29, 1.82) is 0 Å². The minimum atomic E-state index is -0.977. The van der Waals surface area contributed by atoms with Gasteiger partial charge in [-0.2, -0.15) is 0 Å². The number of hydrogen-bond acceptors (Lipinski definition) is 3. The SMILES string of the molecule is CC(Nc1ccc(Cl)cc1C(=O)O)C1CCOC1. The molecule has 0 aliphatic carbocycles. The Morgan fingerprint density at radius 2 is 2.39 bits per heavy atom. The van der Waals surface area contributed by atoms with Crippen molar-refractivity contribution in [2.75, 3.05) is 18.5 Å². The van der Waals surface area contributed by atoms with Gasteiger partial charge in [-0.05, 0) is 31.5 Å². The Labute approximate surface area is 111 Å². The fourth-order valence-electron chi connectivity index (χ4n) is 2.13. The van der Waals surface area contributed by atoms with Crippen LogP contribution in [0.1, 0.15) is 23.7 Å². The predicted octanol–water partition coefficient (Wildman–Crippen LogP) is 2.88. The van der Waals surface area contributed by atoms with Crippen LogP contribution in [0.3, 0.4) is 0 Å². The van der Waals surface area contributed by atoms with Gasteiger partial charge in [-0.15, -0.1) is 0 Å². The molecule has 98 valence electrons. The number of benzene rings is 1. The maximum absolute atomic E-state index is 11.2. The average molecular weight is 270 g/mol. The van der Waals surface area contributed by atoms with E-state index in [4.69, 9.17) is 21.4 Å². The second-order valence-electron chi connectivity index (χ2n) is 4.55. The van der Waals surface area contributed by atoms with E-state index in [0.717, 1.165) is 19.6 Å². The van der Waals surface area contributed by atoms with Crippen molar-refractivity contribution in [2.24, 2.45) is 5.92 Å². The minimum Gasteiger partial charge on any atom is -0.478 e. The van der Waals surface area contributed by atoms with Crippen LogP contribution < -0.4 is 5.32 Å². The standard InChI is InChI=1S/C13H16ClNO3/c1-8(9-4-5-18-7-9)15-12-3-2-10(14)6-11(12)13(16)17/h2-3,6,8-9,15H,4-5,7H2,1H3,(H,16,17). The van der Waals surface area contributed by atoms with Crippen LogP contribution in [-0.2, 0) is 4.74 Å². The second-order valence-corrected chi connectivity index (χ2v) is 4.99. The number of carboxylic acids is 1. The lowest BCUT2D eigenvalue weighted by Crippen LogP contribution is -2.27. The lowest BCUT2D eigenvalue weighted by atomic mass is 10.00. The molecule has 1 fully saturated rings. The quantitative estimate of drug-likeness (QED) is 0.882. The van der Waals surface area contributed by atoms with E-state index in [1.807, 2.05) is 6.92 Å². The van der Waals surface area contributed by atoms with Gasteiger partial charge in [-0.3, -0.25) is 0 Å². The molecule has 4 nitrogen and oxygen atoms in total. The fourth-order valence-corrected chi connectivity index (χ4v) is 2.30. The van der Waals surface area contributed by atoms with Crippen LogP contribution in [0.15, 0.2) is 18.2 Å². The van der Waals surface area contributed by atoms with Gasteiger partial charge in [0, 0.05) is 29.3 Å². The second kappa shape index (κ2) is 5.59. The summed E-state index contributed by atoms with van der Waals surface area (Å²) in [5.41, 5.74) is 0.805. The molecule has 18 heavy (non-hydrogen) atoms. The highest BCUT2D eigenvalue weighted by Gasteiger charge is 2.23. The van der Waals surface area contributed by atoms with E-state index in [2.05, 4.69) is 5.32 Å². The Balaban J connectivity index is 2.15. The Bertz CT molecular complexity index is 444. The van der Waals surface area contributed by atoms with Crippen molar-refractivity contribution in [3.05, 3.63) is 28.8 Å². The van der Waals surface area contributed by atoms with E-state index >= 15 is 0 Å². The number of halogens is 1. The summed E-state index contributed by atoms with van der Waals surface area (Å²) < 4.78 is 5.34. The molecule has 5 heteroatoms. The van der Waals surface area contributed by atoms with Crippen molar-refractivity contribution >= 4 is 23.3 Å². The van der Waals surface area contributed by atoms with Gasteiger partial charge in [0.1, 0.15) is 0 Å². The molecule has 1 aromatic rings. The van der Waals surface area contributed by atoms with Crippen LogP contribution in [-0.4, -0.2) is 30.3 Å². The van der Waals surface area contributed by atoms with E-state index in [-0.39, 0.29) is 11.6 Å². The first kappa shape index (κ1) is 13.2. The van der Waals surface area contributed by atoms with Crippen molar-refractivity contribution in [3.63, 3.8) is 0 Å². The topological polar surface area (TPSA) is 58.6 Å². The lowest BCUT2D eigenvalue weighted by molar-refractivity contribution is 0.0698. The fraction of sp³-hybridized carbons (Fsp3) is 0.462. The molecule has 0 saturated carbocycles. The van der Waals surface area contributed by atoms with Gasteiger partial charge in [0.2, 0.25) is 0 Å². The molecule has 2 rings (SSSR count). The first-order valence-electron chi connectivity index (χ1n) is 5.95. The number of nitrogens with one attached hydrogen (secondary N) is 1. The molecular formula is C13H16ClNO3. The molecule has 2 N–H and O–H groups in total. The van der Waals surface area contributed by atoms with Crippen molar-refractivity contribution in [3.8, 4) is 0 Å². The minimum absolute atomic E-state index is 0.173. The van der Waals surface area contributed by atoms with Crippen molar-refractivity contribution < 1.29 is 14.6 Å². The highest BCUT2D eigenvalue weighted by molar-refractivity contribution is 6.31. The van der Waals surface area contributed by atoms with Gasteiger partial charge in [0.15, 0.2) is 0 Å². The molecule has 1 aliphatic rings. The Morgan fingerprint density at radius 3 is 3.00 bits per heavy atom. The lowest BCUT2D eigenvalue weighted by Gasteiger charge is -2.21. The van der Waals surface area contributed by atoms with Crippen molar-refractivity contribution in [2.45, 2.75) is 19.4 Å². The van der Waals surface area contributed by atoms with Crippen LogP contribution in [0.5, 0.6) is 0 Å². The molecule has 0 aromatic heterocycles. The highest BCUT2D eigenvalue weighted by atomic mass is 35.5. The van der Waals surface area contributed by atoms with E-state index in [0.29, 0.717) is 16.6 Å². The smallest absolute Gasteiger partial charge is 0.337 e. The zero-order chi connectivity index (χ0) is 13.1. The van der Waals surface area contributed by atoms with Crippen LogP contribution >= 0.6 is 11.6 Å². The summed E-state index contributed by atoms with van der Waals surface area (Å²) in [4.78, 5) is 11.2. The molecule has 2 atom stereocenters. The summed E-state index contributed by atoms with van der Waals surface area (Å²) in [5.74, 6) is -0.558. The zero-order valence-corrected chi connectivity index (χ0v) is 10.9. The van der Waals surface area contributed by atoms with Crippen LogP contribution in [0, 0.1) is 5.92 Å². The van der Waals surface area contributed by atoms with E-state index in [1.54, 1.807) is 12.1 Å². The largest absolute Gasteiger partial charge is 0.478 e. The van der Waals surface area contributed by atoms with Gasteiger partial charge in [-0.25, -0.2) is 4.79 Å². The maximum Gasteiger partial charge on any atom is 0.337 e. The highest BCUT2D eigenvalue weighted by Crippen LogP contribution is 2.25. The molecule has 0 bridgehead atoms. The molecule has 0 amide bonds. The molecule has 0 spiro atoms. The monoisotopic (exact) mass is 269 g/mol. The molecule has 0 radical (unpaired) electrons. The summed E-state index contributed by atoms with van der Waals surface area (Å²) in [6, 6.07) is 5.03. The Morgan fingerprint density at radius 1 is 1.61 bits per heavy atom. The third-order valence-corrected chi connectivity index (χ3v) is 3.50. The van der Waals surface area contributed by atoms with E-state index < -0.39 is 5.97 Å². The third-order valence-electron chi connectivity index (χ3n) is 3.27. The number of anilines is 1. The van der Waals surface area contributed by atoms with Gasteiger partial charge < -0.3 is 15.2 Å². The van der Waals surface area contributed by atoms with Crippen LogP contribution in [0.25, 0.3) is 0 Å². The molecule has 1 aliphatic heterocycles. The molecular weight excluding hydrogens is 254 g/mol. The first-order chi connectivity index (χ1) is 8.58. The van der Waals surface area contributed by atoms with Gasteiger partial charge in [0.25, 0.3) is 0 Å². The summed E-state index contributed by atoms with van der Waals surface area (Å²) >= 11 is 5.81. The first-order valence-corrected chi connectivity index (χ1v) is 6.33. The van der Waals surface area contributed by atoms with Crippen molar-refractivity contribution in [1.82, 2.24) is 0 Å². The van der Waals surface area contributed by atoms with Gasteiger partial charge in [0.05, 0.1) is 12.2 Å². The number of carbonyl (C=O) groups is 1. The van der Waals surface area contributed by atoms with Crippen LogP contribution in [0.2, 0.25) is 5.02 Å². The molecule has 1 aromatic carbocycles. The summed E-state index contributed by atoms with van der Waals surface area (Å²) in [7, 11) is 0. The third kappa shape index (κ3) is 2.94. The maximum atomic E-state index is 11.2. The van der Waals surface area contributed by atoms with Gasteiger partial charge in [-0.1, -0.05) is 11.6 Å². The normalized spacial score (nSPS) is 20.7. The van der Waals surface area contributed by atoms with E-state index in [1.165, 1.54) is 6.07 Å². The number of ether oxygens (including phenoxy) is 1. The van der Waals surface area contributed by atoms with E-state index in [9.17, 15) is 4.79 Å². The Kier molecular flexibility index (Phi) is 4.09. The summed E-state index contributed by atoms with van der Waals surface area (Å²) in [6.07, 6.45) is 1.00. The number of hydrogen-bond donors (Lipinski definition) is 2. The molecule has 2 unspecified atom stereocenters. The predicted molar refractivity (Wildman–Crippen MR) is 70.4 cm³/mol. The molecule has 1 heterocycles. The summed E-state index contributed by atoms with van der Waals surface area (Å²) in [5, 5.41) is 12.8. The summed E-state index contributed by atoms with van der Waals surface area (Å²) in [6.45, 7) is 3.55. The number of aromatic carboxylic acids is 1. The number of carboxylic acid groups (broad SMARTS) is 1. The number of rotatable bonds is 4. The molecule has 1 saturated heterocycles. The van der Waals surface area contributed by atoms with Crippen LogP contribution in [0.4, 0.5) is 5.69 Å². The zero-order valence-electron chi connectivity index (χ0n) is 10.1. The Hall–Kier alpha value is -1.26.